The fraction of sp³-hybridized carbons (Fsp3) is 0.632. The van der Waals surface area contributed by atoms with E-state index in [1.165, 1.54) is 12.8 Å². The van der Waals surface area contributed by atoms with E-state index in [9.17, 15) is 4.79 Å². The molecule has 5 nitrogen and oxygen atoms in total. The van der Waals surface area contributed by atoms with Crippen molar-refractivity contribution in [2.24, 2.45) is 0 Å². The lowest BCUT2D eigenvalue weighted by molar-refractivity contribution is 0.0923. The minimum atomic E-state index is -0.105. The number of methoxy groups -OCH3 is 1. The second-order valence-electron chi connectivity index (χ2n) is 6.97. The Hall–Kier alpha value is -1.46. The van der Waals surface area contributed by atoms with Crippen LogP contribution in [0.25, 0.3) is 0 Å². The fourth-order valence-corrected chi connectivity index (χ4v) is 4.02. The third-order valence-electron chi connectivity index (χ3n) is 5.04. The van der Waals surface area contributed by atoms with Gasteiger partial charge in [-0.15, -0.1) is 0 Å². The lowest BCUT2D eigenvalue weighted by Gasteiger charge is -2.29. The van der Waals surface area contributed by atoms with Crippen molar-refractivity contribution in [3.63, 3.8) is 0 Å². The first-order valence-corrected chi connectivity index (χ1v) is 9.55. The Morgan fingerprint density at radius 3 is 2.68 bits per heavy atom. The second-order valence-corrected chi connectivity index (χ2v) is 7.38. The quantitative estimate of drug-likeness (QED) is 0.724. The van der Waals surface area contributed by atoms with Gasteiger partial charge in [-0.2, -0.15) is 0 Å². The van der Waals surface area contributed by atoms with Crippen molar-refractivity contribution in [1.82, 2.24) is 10.6 Å². The summed E-state index contributed by atoms with van der Waals surface area (Å²) in [5, 5.41) is 7.14. The van der Waals surface area contributed by atoms with Crippen molar-refractivity contribution in [2.75, 3.05) is 13.7 Å². The van der Waals surface area contributed by atoms with E-state index in [2.05, 4.69) is 17.6 Å². The molecule has 2 unspecified atom stereocenters. The molecule has 6 heteroatoms. The molecule has 0 spiro atoms. The van der Waals surface area contributed by atoms with Gasteiger partial charge in [0.15, 0.2) is 11.5 Å². The lowest BCUT2D eigenvalue weighted by Crippen LogP contribution is -2.48. The van der Waals surface area contributed by atoms with E-state index in [0.29, 0.717) is 40.8 Å². The van der Waals surface area contributed by atoms with Crippen molar-refractivity contribution in [3.05, 3.63) is 22.7 Å². The topological polar surface area (TPSA) is 59.6 Å². The van der Waals surface area contributed by atoms with Crippen LogP contribution in [0.5, 0.6) is 11.5 Å². The molecule has 2 atom stereocenters. The number of halogens is 1. The highest BCUT2D eigenvalue weighted by molar-refractivity contribution is 6.32. The highest BCUT2D eigenvalue weighted by Gasteiger charge is 2.34. The van der Waals surface area contributed by atoms with Gasteiger partial charge in [-0.25, -0.2) is 0 Å². The maximum Gasteiger partial charge on any atom is 0.251 e. The van der Waals surface area contributed by atoms with Crippen LogP contribution in [0.4, 0.5) is 0 Å². The van der Waals surface area contributed by atoms with Crippen molar-refractivity contribution in [2.45, 2.75) is 63.6 Å². The summed E-state index contributed by atoms with van der Waals surface area (Å²) in [6.07, 6.45) is 6.38. The van der Waals surface area contributed by atoms with Gasteiger partial charge in [-0.1, -0.05) is 24.9 Å². The first-order valence-electron chi connectivity index (χ1n) is 9.18. The van der Waals surface area contributed by atoms with Gasteiger partial charge in [0.1, 0.15) is 0 Å². The molecule has 1 amide bonds. The highest BCUT2D eigenvalue weighted by atomic mass is 35.5. The molecule has 2 N–H and O–H groups in total. The van der Waals surface area contributed by atoms with Crippen molar-refractivity contribution in [1.29, 1.82) is 0 Å². The van der Waals surface area contributed by atoms with E-state index in [1.54, 1.807) is 19.2 Å². The Morgan fingerprint density at radius 1 is 1.32 bits per heavy atom. The summed E-state index contributed by atoms with van der Waals surface area (Å²) in [6, 6.07) is 4.67. The molecule has 2 aliphatic heterocycles. The van der Waals surface area contributed by atoms with Gasteiger partial charge in [0, 0.05) is 23.7 Å². The van der Waals surface area contributed by atoms with Crippen LogP contribution in [0.15, 0.2) is 12.1 Å². The SMILES string of the molecule is CCCCOc1c(Cl)cc(C(=O)NC2CC3CCC(C2)N3)cc1OC. The average Bonchev–Trinajstić information content (AvgIpc) is 2.94. The zero-order valence-electron chi connectivity index (χ0n) is 14.9. The first kappa shape index (κ1) is 18.3. The number of unbranched alkanes of at least 4 members (excludes halogenated alkanes) is 1. The summed E-state index contributed by atoms with van der Waals surface area (Å²) in [7, 11) is 1.56. The van der Waals surface area contributed by atoms with Crippen molar-refractivity contribution in [3.8, 4) is 11.5 Å². The Kier molecular flexibility index (Phi) is 6.07. The van der Waals surface area contributed by atoms with Crippen molar-refractivity contribution < 1.29 is 14.3 Å². The van der Waals surface area contributed by atoms with Gasteiger partial charge >= 0.3 is 0 Å². The zero-order chi connectivity index (χ0) is 17.8. The smallest absolute Gasteiger partial charge is 0.251 e. The van der Waals surface area contributed by atoms with Gasteiger partial charge < -0.3 is 20.1 Å². The van der Waals surface area contributed by atoms with E-state index in [0.717, 1.165) is 25.7 Å². The average molecular weight is 367 g/mol. The number of hydrogen-bond acceptors (Lipinski definition) is 4. The van der Waals surface area contributed by atoms with Crippen LogP contribution in [-0.4, -0.2) is 37.7 Å². The Balaban J connectivity index is 1.68. The van der Waals surface area contributed by atoms with Crippen LogP contribution in [0.1, 0.15) is 55.8 Å². The van der Waals surface area contributed by atoms with Gasteiger partial charge in [0.2, 0.25) is 0 Å². The number of amides is 1. The van der Waals surface area contributed by atoms with E-state index in [-0.39, 0.29) is 11.9 Å². The molecule has 0 aliphatic carbocycles. The summed E-state index contributed by atoms with van der Waals surface area (Å²) in [5.74, 6) is 0.903. The van der Waals surface area contributed by atoms with Crippen LogP contribution in [0.2, 0.25) is 5.02 Å². The molecule has 2 aliphatic rings. The number of ether oxygens (including phenoxy) is 2. The molecule has 0 radical (unpaired) electrons. The largest absolute Gasteiger partial charge is 0.493 e. The number of rotatable bonds is 7. The van der Waals surface area contributed by atoms with E-state index >= 15 is 0 Å². The third-order valence-corrected chi connectivity index (χ3v) is 5.32. The number of nitrogens with one attached hydrogen (secondary N) is 2. The van der Waals surface area contributed by atoms with Crippen LogP contribution in [0, 0.1) is 0 Å². The molecule has 1 aromatic rings. The third kappa shape index (κ3) is 4.39. The Labute approximate surface area is 154 Å². The Bertz CT molecular complexity index is 611. The standard InChI is InChI=1S/C19H27ClN2O3/c1-3-4-7-25-18-16(20)8-12(9-17(18)24-2)19(23)22-15-10-13-5-6-14(11-15)21-13/h8-9,13-15,21H,3-7,10-11H2,1-2H3,(H,22,23). The predicted molar refractivity (Wildman–Crippen MR) is 98.8 cm³/mol. The number of carbonyl (C=O) groups is 1. The fourth-order valence-electron chi connectivity index (χ4n) is 3.75. The van der Waals surface area contributed by atoms with Crippen LogP contribution in [0.3, 0.4) is 0 Å². The van der Waals surface area contributed by atoms with Crippen LogP contribution < -0.4 is 20.1 Å². The monoisotopic (exact) mass is 366 g/mol. The second kappa shape index (κ2) is 8.28. The predicted octanol–water partition coefficient (Wildman–Crippen LogP) is 3.54. The zero-order valence-corrected chi connectivity index (χ0v) is 15.7. The molecule has 0 aromatic heterocycles. The molecule has 1 aromatic carbocycles. The highest BCUT2D eigenvalue weighted by Crippen LogP contribution is 2.36. The maximum absolute atomic E-state index is 12.7. The molecule has 2 bridgehead atoms. The molecule has 25 heavy (non-hydrogen) atoms. The molecule has 3 rings (SSSR count). The number of carbonyl (C=O) groups excluding carboxylic acids is 1. The normalized spacial score (nSPS) is 24.8. The molecule has 2 saturated heterocycles. The number of hydrogen-bond donors (Lipinski definition) is 2. The number of benzene rings is 1. The van der Waals surface area contributed by atoms with Gasteiger partial charge in [0.25, 0.3) is 5.91 Å². The van der Waals surface area contributed by atoms with E-state index < -0.39 is 0 Å². The van der Waals surface area contributed by atoms with Crippen molar-refractivity contribution >= 4 is 17.5 Å². The number of piperidine rings is 1. The molecule has 0 saturated carbocycles. The summed E-state index contributed by atoms with van der Waals surface area (Å²) in [4.78, 5) is 12.7. The molecule has 2 fully saturated rings. The first-order chi connectivity index (χ1) is 12.1. The van der Waals surface area contributed by atoms with E-state index in [1.807, 2.05) is 0 Å². The van der Waals surface area contributed by atoms with Gasteiger partial charge in [-0.3, -0.25) is 4.79 Å². The minimum Gasteiger partial charge on any atom is -0.493 e. The maximum atomic E-state index is 12.7. The minimum absolute atomic E-state index is 0.105. The molecule has 2 heterocycles. The van der Waals surface area contributed by atoms with E-state index in [4.69, 9.17) is 21.1 Å². The summed E-state index contributed by atoms with van der Waals surface area (Å²) in [5.41, 5.74) is 0.510. The van der Waals surface area contributed by atoms with Crippen LogP contribution in [-0.2, 0) is 0 Å². The molecule has 138 valence electrons. The van der Waals surface area contributed by atoms with Gasteiger partial charge in [-0.05, 0) is 44.2 Å². The van der Waals surface area contributed by atoms with Crippen LogP contribution >= 0.6 is 11.6 Å². The summed E-state index contributed by atoms with van der Waals surface area (Å²) in [6.45, 7) is 2.68. The molecular weight excluding hydrogens is 340 g/mol. The number of fused-ring (bicyclic) bond motifs is 2. The Morgan fingerprint density at radius 2 is 2.04 bits per heavy atom. The summed E-state index contributed by atoms with van der Waals surface area (Å²) < 4.78 is 11.1. The molecular formula is C19H27ClN2O3. The summed E-state index contributed by atoms with van der Waals surface area (Å²) >= 11 is 6.34. The lowest BCUT2D eigenvalue weighted by atomic mass is 9.99. The van der Waals surface area contributed by atoms with Gasteiger partial charge in [0.05, 0.1) is 18.7 Å².